The lowest BCUT2D eigenvalue weighted by molar-refractivity contribution is -0.0535. The van der Waals surface area contributed by atoms with E-state index in [1.807, 2.05) is 17.0 Å². The van der Waals surface area contributed by atoms with Crippen molar-refractivity contribution < 1.29 is 37.7 Å². The molecule has 3 aromatic rings. The number of hydrogen-bond acceptors (Lipinski definition) is 6. The summed E-state index contributed by atoms with van der Waals surface area (Å²) in [6.45, 7) is 2.95. The molecule has 3 aromatic carbocycles. The molecule has 2 fully saturated rings. The van der Waals surface area contributed by atoms with Gasteiger partial charge in [0.2, 0.25) is 6.08 Å². The number of carbonyl (C=O) groups excluding carboxylic acids is 2. The third kappa shape index (κ3) is 11.4. The van der Waals surface area contributed by atoms with Gasteiger partial charge in [0.25, 0.3) is 0 Å². The van der Waals surface area contributed by atoms with E-state index in [4.69, 9.17) is 9.47 Å². The number of urea groups is 1. The Labute approximate surface area is 280 Å². The van der Waals surface area contributed by atoms with Crippen LogP contribution in [0.4, 0.5) is 25.0 Å². The quantitative estimate of drug-likeness (QED) is 0.157. The van der Waals surface area contributed by atoms with Gasteiger partial charge in [-0.1, -0.05) is 49.6 Å². The lowest BCUT2D eigenvalue weighted by Crippen LogP contribution is -2.46. The molecule has 2 atom stereocenters. The molecule has 2 amide bonds. The topological polar surface area (TPSA) is 118 Å². The maximum Gasteiger partial charge on any atom is 0.336 e. The summed E-state index contributed by atoms with van der Waals surface area (Å²) in [5.41, 5.74) is 2.47. The SMILES string of the molecule is Cc1cccc(COC2CCCC(OCCN(C(=O)Nc3cccc(F)c3)C3CCCCC3)C2)c1C(=O)O.O=C=Nc1cccc(F)c1. The highest BCUT2D eigenvalue weighted by Crippen LogP contribution is 2.27. The first-order valence-electron chi connectivity index (χ1n) is 16.4. The van der Waals surface area contributed by atoms with Crippen molar-refractivity contribution in [3.63, 3.8) is 0 Å². The molecular formula is C37H43F2N3O6. The first-order valence-corrected chi connectivity index (χ1v) is 16.4. The average Bonchev–Trinajstić information content (AvgIpc) is 3.07. The summed E-state index contributed by atoms with van der Waals surface area (Å²) in [5, 5.41) is 12.4. The van der Waals surface area contributed by atoms with E-state index in [2.05, 4.69) is 10.3 Å². The van der Waals surface area contributed by atoms with E-state index in [1.165, 1.54) is 42.8 Å². The number of nitrogens with one attached hydrogen (secondary N) is 1. The first kappa shape index (κ1) is 36.4. The lowest BCUT2D eigenvalue weighted by Gasteiger charge is -2.35. The molecule has 0 heterocycles. The van der Waals surface area contributed by atoms with E-state index in [0.29, 0.717) is 30.0 Å². The number of aromatic carboxylic acids is 1. The van der Waals surface area contributed by atoms with Crippen molar-refractivity contribution in [1.82, 2.24) is 4.90 Å². The Kier molecular flexibility index (Phi) is 14.2. The Hall–Kier alpha value is -4.44. The second kappa shape index (κ2) is 18.8. The minimum atomic E-state index is -0.935. The molecule has 2 aliphatic rings. The predicted molar refractivity (Wildman–Crippen MR) is 178 cm³/mol. The van der Waals surface area contributed by atoms with E-state index in [-0.39, 0.29) is 42.4 Å². The summed E-state index contributed by atoms with van der Waals surface area (Å²) >= 11 is 0. The number of nitrogens with zero attached hydrogens (tertiary/aromatic N) is 2. The van der Waals surface area contributed by atoms with Gasteiger partial charge in [0, 0.05) is 24.3 Å². The van der Waals surface area contributed by atoms with Crippen LogP contribution in [0, 0.1) is 18.6 Å². The number of rotatable bonds is 11. The van der Waals surface area contributed by atoms with Gasteiger partial charge in [-0.15, -0.1) is 0 Å². The van der Waals surface area contributed by atoms with Crippen molar-refractivity contribution in [3.05, 3.63) is 95.1 Å². The van der Waals surface area contributed by atoms with Crippen LogP contribution in [-0.2, 0) is 20.9 Å². The lowest BCUT2D eigenvalue weighted by atomic mass is 9.94. The van der Waals surface area contributed by atoms with Crippen LogP contribution in [0.3, 0.4) is 0 Å². The fraction of sp³-hybridized carbons (Fsp3) is 0.432. The van der Waals surface area contributed by atoms with E-state index in [9.17, 15) is 28.3 Å². The Balaban J connectivity index is 0.000000445. The van der Waals surface area contributed by atoms with Gasteiger partial charge in [0.1, 0.15) is 11.6 Å². The Bertz CT molecular complexity index is 1560. The summed E-state index contributed by atoms with van der Waals surface area (Å²) < 4.78 is 38.3. The second-order valence-electron chi connectivity index (χ2n) is 12.1. The maximum atomic E-state index is 13.6. The Morgan fingerprint density at radius 3 is 2.29 bits per heavy atom. The predicted octanol–water partition coefficient (Wildman–Crippen LogP) is 8.34. The second-order valence-corrected chi connectivity index (χ2v) is 12.1. The molecular weight excluding hydrogens is 620 g/mol. The van der Waals surface area contributed by atoms with Crippen LogP contribution >= 0.6 is 0 Å². The monoisotopic (exact) mass is 663 g/mol. The number of isocyanates is 1. The smallest absolute Gasteiger partial charge is 0.336 e. The molecule has 2 aliphatic carbocycles. The van der Waals surface area contributed by atoms with Crippen molar-refractivity contribution in [1.29, 1.82) is 0 Å². The molecule has 0 aliphatic heterocycles. The highest BCUT2D eigenvalue weighted by molar-refractivity contribution is 5.91. The average molecular weight is 664 g/mol. The zero-order chi connectivity index (χ0) is 34.3. The number of ether oxygens (including phenoxy) is 2. The molecule has 0 saturated heterocycles. The van der Waals surface area contributed by atoms with Crippen LogP contribution in [0.1, 0.15) is 79.3 Å². The number of carboxylic acids is 1. The molecule has 11 heteroatoms. The number of benzene rings is 3. The number of carboxylic acid groups (broad SMARTS) is 1. The molecule has 9 nitrogen and oxygen atoms in total. The molecule has 0 aromatic heterocycles. The number of hydrogen-bond donors (Lipinski definition) is 2. The molecule has 0 spiro atoms. The minimum absolute atomic E-state index is 0.00151. The fourth-order valence-corrected chi connectivity index (χ4v) is 6.29. The van der Waals surface area contributed by atoms with E-state index in [1.54, 1.807) is 25.1 Å². The van der Waals surface area contributed by atoms with Crippen molar-refractivity contribution in [2.75, 3.05) is 18.5 Å². The van der Waals surface area contributed by atoms with Gasteiger partial charge in [0.05, 0.1) is 36.7 Å². The van der Waals surface area contributed by atoms with Gasteiger partial charge in [-0.3, -0.25) is 0 Å². The summed E-state index contributed by atoms with van der Waals surface area (Å²) in [4.78, 5) is 39.6. The highest BCUT2D eigenvalue weighted by Gasteiger charge is 2.28. The number of halogens is 2. The van der Waals surface area contributed by atoms with Crippen molar-refractivity contribution in [2.24, 2.45) is 4.99 Å². The van der Waals surface area contributed by atoms with Crippen molar-refractivity contribution >= 4 is 29.5 Å². The summed E-state index contributed by atoms with van der Waals surface area (Å²) in [5.74, 6) is -1.72. The van der Waals surface area contributed by atoms with Crippen LogP contribution in [-0.4, -0.2) is 59.5 Å². The van der Waals surface area contributed by atoms with E-state index in [0.717, 1.165) is 63.0 Å². The van der Waals surface area contributed by atoms with Crippen LogP contribution in [0.2, 0.25) is 0 Å². The molecule has 2 N–H and O–H groups in total. The highest BCUT2D eigenvalue weighted by atomic mass is 19.1. The fourth-order valence-electron chi connectivity index (χ4n) is 6.29. The summed E-state index contributed by atoms with van der Waals surface area (Å²) in [6.07, 6.45) is 10.2. The van der Waals surface area contributed by atoms with E-state index < -0.39 is 11.8 Å². The van der Waals surface area contributed by atoms with Gasteiger partial charge in [-0.05, 0) is 86.9 Å². The van der Waals surface area contributed by atoms with Crippen LogP contribution in [0.5, 0.6) is 0 Å². The normalized spacial score (nSPS) is 17.7. The van der Waals surface area contributed by atoms with Crippen LogP contribution < -0.4 is 5.32 Å². The molecule has 48 heavy (non-hydrogen) atoms. The van der Waals surface area contributed by atoms with Crippen molar-refractivity contribution in [3.8, 4) is 0 Å². The van der Waals surface area contributed by atoms with E-state index >= 15 is 0 Å². The number of anilines is 1. The molecule has 2 saturated carbocycles. The number of carbonyl (C=O) groups is 2. The standard InChI is InChI=1S/C30H39FN2O5.C7H4FNO/c1-21-8-5-9-22(28(21)29(34)35)20-38-27-15-7-14-26(19-27)37-17-16-33(25-12-3-2-4-13-25)30(36)32-24-11-6-10-23(31)18-24;8-6-2-1-3-7(4-6)9-5-10/h5-6,8-11,18,25-27H,2-4,7,12-17,19-20H2,1H3,(H,32,36)(H,34,35);1-4H. The molecule has 256 valence electrons. The third-order valence-electron chi connectivity index (χ3n) is 8.65. The Morgan fingerprint density at radius 2 is 1.60 bits per heavy atom. The van der Waals surface area contributed by atoms with Gasteiger partial charge in [-0.2, -0.15) is 4.99 Å². The number of amides is 2. The van der Waals surface area contributed by atoms with Crippen molar-refractivity contribution in [2.45, 2.75) is 89.6 Å². The summed E-state index contributed by atoms with van der Waals surface area (Å²) in [6, 6.07) is 16.8. The first-order chi connectivity index (χ1) is 23.2. The van der Waals surface area contributed by atoms with Crippen LogP contribution in [0.15, 0.2) is 71.7 Å². The van der Waals surface area contributed by atoms with Gasteiger partial charge < -0.3 is 24.8 Å². The zero-order valence-corrected chi connectivity index (χ0v) is 27.2. The minimum Gasteiger partial charge on any atom is -0.478 e. The zero-order valence-electron chi connectivity index (χ0n) is 27.2. The molecule has 0 radical (unpaired) electrons. The van der Waals surface area contributed by atoms with Gasteiger partial charge >= 0.3 is 12.0 Å². The maximum absolute atomic E-state index is 13.6. The molecule has 0 bridgehead atoms. The number of aliphatic imine (C=N–C) groups is 1. The number of aryl methyl sites for hydroxylation is 1. The third-order valence-corrected chi connectivity index (χ3v) is 8.65. The molecule has 2 unspecified atom stereocenters. The summed E-state index contributed by atoms with van der Waals surface area (Å²) in [7, 11) is 0. The largest absolute Gasteiger partial charge is 0.478 e. The Morgan fingerprint density at radius 1 is 0.917 bits per heavy atom. The molecule has 5 rings (SSSR count). The van der Waals surface area contributed by atoms with Gasteiger partial charge in [-0.25, -0.2) is 23.2 Å². The van der Waals surface area contributed by atoms with Gasteiger partial charge in [0.15, 0.2) is 0 Å². The van der Waals surface area contributed by atoms with Crippen LogP contribution in [0.25, 0.3) is 0 Å².